The van der Waals surface area contributed by atoms with Gasteiger partial charge in [0.1, 0.15) is 5.82 Å². The SMILES string of the molecule is COc1nc(-c2cccc(-c3cccc4c3CC[C@@H]4Nc3nc(OC)c(CN4CC5(C(=O)O)CCC4C5)cc3Cl)c2Cl)ccc1CNC[C@@H]1CCC(=O)N1. The molecule has 2 saturated heterocycles. The molecular formula is C41H44Cl2N6O5. The molecule has 1 amide bonds. The summed E-state index contributed by atoms with van der Waals surface area (Å²) in [5, 5.41) is 21.0. The Morgan fingerprint density at radius 2 is 1.76 bits per heavy atom. The monoisotopic (exact) mass is 770 g/mol. The van der Waals surface area contributed by atoms with Gasteiger partial charge in [-0.15, -0.1) is 0 Å². The Morgan fingerprint density at radius 1 is 0.981 bits per heavy atom. The van der Waals surface area contributed by atoms with Gasteiger partial charge in [-0.3, -0.25) is 14.5 Å². The van der Waals surface area contributed by atoms with Crippen LogP contribution >= 0.6 is 23.2 Å². The minimum atomic E-state index is -0.703. The first-order chi connectivity index (χ1) is 26.2. The molecule has 8 rings (SSSR count). The van der Waals surface area contributed by atoms with Gasteiger partial charge < -0.3 is 30.5 Å². The molecule has 2 aromatic heterocycles. The molecule has 4 N–H and O–H groups in total. The second kappa shape index (κ2) is 15.0. The van der Waals surface area contributed by atoms with E-state index in [1.165, 1.54) is 5.56 Å². The molecule has 1 saturated carbocycles. The van der Waals surface area contributed by atoms with Gasteiger partial charge in [0.05, 0.1) is 41.4 Å². The minimum absolute atomic E-state index is 0.0239. The van der Waals surface area contributed by atoms with E-state index in [-0.39, 0.29) is 24.0 Å². The number of methoxy groups -OCH3 is 2. The highest BCUT2D eigenvalue weighted by molar-refractivity contribution is 6.36. The normalized spacial score (nSPS) is 23.0. The number of carboxylic acid groups (broad SMARTS) is 1. The van der Waals surface area contributed by atoms with Crippen LogP contribution in [0, 0.1) is 5.41 Å². The third-order valence-corrected chi connectivity index (χ3v) is 12.4. The number of hydrogen-bond acceptors (Lipinski definition) is 9. The first-order valence-electron chi connectivity index (χ1n) is 18.6. The Balaban J connectivity index is 0.993. The summed E-state index contributed by atoms with van der Waals surface area (Å²) >= 11 is 14.1. The Kier molecular flexibility index (Phi) is 10.2. The smallest absolute Gasteiger partial charge is 0.311 e. The molecule has 11 nitrogen and oxygen atoms in total. The Hall–Kier alpha value is -4.42. The number of halogens is 2. The highest BCUT2D eigenvalue weighted by Gasteiger charge is 2.54. The number of nitrogens with zero attached hydrogens (tertiary/aromatic N) is 3. The van der Waals surface area contributed by atoms with Crippen LogP contribution in [0.2, 0.25) is 10.0 Å². The number of nitrogens with one attached hydrogen (secondary N) is 3. The summed E-state index contributed by atoms with van der Waals surface area (Å²) in [5.41, 5.74) is 7.03. The van der Waals surface area contributed by atoms with Gasteiger partial charge in [-0.05, 0) is 67.3 Å². The highest BCUT2D eigenvalue weighted by Crippen LogP contribution is 2.49. The average Bonchev–Trinajstić information content (AvgIpc) is 3.98. The molecule has 2 bridgehead atoms. The van der Waals surface area contributed by atoms with Crippen LogP contribution < -0.4 is 25.4 Å². The maximum atomic E-state index is 12.0. The Morgan fingerprint density at radius 3 is 2.52 bits per heavy atom. The number of hydrogen-bond donors (Lipinski definition) is 4. The van der Waals surface area contributed by atoms with Crippen molar-refractivity contribution in [2.24, 2.45) is 5.41 Å². The van der Waals surface area contributed by atoms with Gasteiger partial charge in [-0.1, -0.05) is 65.7 Å². The number of ether oxygens (including phenoxy) is 2. The molecule has 2 aromatic carbocycles. The summed E-state index contributed by atoms with van der Waals surface area (Å²) in [5.74, 6) is 0.961. The number of fused-ring (bicyclic) bond motifs is 3. The van der Waals surface area contributed by atoms with Crippen LogP contribution in [-0.4, -0.2) is 71.2 Å². The number of piperidine rings is 1. The second-order valence-electron chi connectivity index (χ2n) is 14.9. The lowest BCUT2D eigenvalue weighted by Gasteiger charge is -2.30. The van der Waals surface area contributed by atoms with Gasteiger partial charge in [-0.25, -0.2) is 4.98 Å². The van der Waals surface area contributed by atoms with Crippen molar-refractivity contribution in [2.75, 3.05) is 32.6 Å². The van der Waals surface area contributed by atoms with Gasteiger partial charge in [0.25, 0.3) is 0 Å². The molecule has 4 atom stereocenters. The molecule has 4 aliphatic rings. The fourth-order valence-corrected chi connectivity index (χ4v) is 9.49. The fraction of sp³-hybridized carbons (Fsp3) is 0.415. The lowest BCUT2D eigenvalue weighted by Crippen LogP contribution is -2.38. The minimum Gasteiger partial charge on any atom is -0.481 e. The third kappa shape index (κ3) is 6.87. The number of aliphatic carboxylic acids is 1. The lowest BCUT2D eigenvalue weighted by molar-refractivity contribution is -0.148. The average molecular weight is 772 g/mol. The van der Waals surface area contributed by atoms with E-state index in [1.54, 1.807) is 14.2 Å². The number of carbonyl (C=O) groups excluding carboxylic acids is 1. The van der Waals surface area contributed by atoms with Crippen molar-refractivity contribution in [1.82, 2.24) is 25.5 Å². The molecule has 4 aromatic rings. The van der Waals surface area contributed by atoms with Crippen LogP contribution in [0.25, 0.3) is 22.4 Å². The van der Waals surface area contributed by atoms with E-state index in [2.05, 4.69) is 39.0 Å². The maximum absolute atomic E-state index is 12.0. The summed E-state index contributed by atoms with van der Waals surface area (Å²) in [6.07, 6.45) is 5.41. The van der Waals surface area contributed by atoms with Crippen molar-refractivity contribution >= 4 is 40.9 Å². The molecule has 0 spiro atoms. The van der Waals surface area contributed by atoms with Crippen molar-refractivity contribution in [1.29, 1.82) is 0 Å². The Bertz CT molecular complexity index is 2110. The van der Waals surface area contributed by atoms with Gasteiger partial charge in [0.15, 0.2) is 0 Å². The molecule has 13 heteroatoms. The van der Waals surface area contributed by atoms with Crippen molar-refractivity contribution in [3.63, 3.8) is 0 Å². The van der Waals surface area contributed by atoms with Crippen molar-refractivity contribution < 1.29 is 24.2 Å². The van der Waals surface area contributed by atoms with Crippen molar-refractivity contribution in [2.45, 2.75) is 76.2 Å². The van der Waals surface area contributed by atoms with E-state index in [0.29, 0.717) is 66.6 Å². The van der Waals surface area contributed by atoms with Crippen molar-refractivity contribution in [3.8, 4) is 34.1 Å². The quantitative estimate of drug-likeness (QED) is 0.112. The molecule has 2 unspecified atom stereocenters. The van der Waals surface area contributed by atoms with Crippen LogP contribution in [0.3, 0.4) is 0 Å². The first kappa shape index (κ1) is 36.6. The molecule has 4 heterocycles. The third-order valence-electron chi connectivity index (χ3n) is 11.7. The number of anilines is 1. The number of carboxylic acids is 1. The molecule has 3 fully saturated rings. The standard InChI is InChI=1S/C41H44Cl2N6O5/c1-53-38-23(19-44-20-25-10-14-35(50)45-25)9-12-34(47-38)31-8-4-7-30(36(31)43)27-5-3-6-29-28(27)11-13-33(29)46-37-32(42)17-24(39(48-37)54-2)21-49-22-41(40(51)52)16-15-26(49)18-41/h3-9,12,17,25-26,33,44H,10-11,13-16,18-22H2,1-2H3,(H,45,50)(H,46,48)(H,51,52)/t25-,26?,33-,41?/m0/s1. The molecule has 282 valence electrons. The maximum Gasteiger partial charge on any atom is 0.311 e. The number of aromatic nitrogens is 2. The lowest BCUT2D eigenvalue weighted by atomic mass is 9.87. The van der Waals surface area contributed by atoms with E-state index in [1.807, 2.05) is 36.4 Å². The zero-order chi connectivity index (χ0) is 37.6. The largest absolute Gasteiger partial charge is 0.481 e. The molecular weight excluding hydrogens is 727 g/mol. The summed E-state index contributed by atoms with van der Waals surface area (Å²) in [6.45, 7) is 2.31. The van der Waals surface area contributed by atoms with E-state index < -0.39 is 11.4 Å². The summed E-state index contributed by atoms with van der Waals surface area (Å²) < 4.78 is 11.4. The molecule has 2 aliphatic carbocycles. The molecule has 0 radical (unpaired) electrons. The zero-order valence-electron chi connectivity index (χ0n) is 30.4. The van der Waals surface area contributed by atoms with Crippen LogP contribution in [0.1, 0.15) is 66.8 Å². The van der Waals surface area contributed by atoms with Gasteiger partial charge in [0.2, 0.25) is 17.7 Å². The first-order valence-corrected chi connectivity index (χ1v) is 19.3. The number of amides is 1. The fourth-order valence-electron chi connectivity index (χ4n) is 8.94. The predicted molar refractivity (Wildman–Crippen MR) is 208 cm³/mol. The van der Waals surface area contributed by atoms with Crippen LogP contribution in [0.4, 0.5) is 5.82 Å². The summed E-state index contributed by atoms with van der Waals surface area (Å²) in [6, 6.07) is 18.6. The number of likely N-dealkylation sites (tertiary alicyclic amines) is 1. The Labute approximate surface area is 324 Å². The van der Waals surface area contributed by atoms with Gasteiger partial charge >= 0.3 is 5.97 Å². The summed E-state index contributed by atoms with van der Waals surface area (Å²) in [7, 11) is 3.22. The van der Waals surface area contributed by atoms with Gasteiger partial charge in [-0.2, -0.15) is 4.98 Å². The number of benzene rings is 2. The molecule has 2 aliphatic heterocycles. The predicted octanol–water partition coefficient (Wildman–Crippen LogP) is 7.04. The second-order valence-corrected chi connectivity index (χ2v) is 15.7. The number of rotatable bonds is 13. The van der Waals surface area contributed by atoms with Crippen LogP contribution in [0.15, 0.2) is 54.6 Å². The summed E-state index contributed by atoms with van der Waals surface area (Å²) in [4.78, 5) is 35.5. The van der Waals surface area contributed by atoms with E-state index in [4.69, 9.17) is 42.6 Å². The number of pyridine rings is 2. The topological polar surface area (TPSA) is 138 Å². The van der Waals surface area contributed by atoms with E-state index in [9.17, 15) is 14.7 Å². The number of carbonyl (C=O) groups is 2. The highest BCUT2D eigenvalue weighted by atomic mass is 35.5. The van der Waals surface area contributed by atoms with E-state index >= 15 is 0 Å². The van der Waals surface area contributed by atoms with Gasteiger partial charge in [0, 0.05) is 66.9 Å². The van der Waals surface area contributed by atoms with E-state index in [0.717, 1.165) is 71.2 Å². The zero-order valence-corrected chi connectivity index (χ0v) is 31.9. The molecule has 54 heavy (non-hydrogen) atoms. The van der Waals surface area contributed by atoms with Crippen molar-refractivity contribution in [3.05, 3.63) is 86.9 Å². The van der Waals surface area contributed by atoms with Crippen LogP contribution in [0.5, 0.6) is 11.8 Å². The van der Waals surface area contributed by atoms with Crippen LogP contribution in [-0.2, 0) is 29.1 Å².